The Hall–Kier alpha value is -0.780. The van der Waals surface area contributed by atoms with E-state index in [1.807, 2.05) is 38.1 Å². The van der Waals surface area contributed by atoms with E-state index in [1.165, 1.54) is 0 Å². The van der Waals surface area contributed by atoms with Gasteiger partial charge in [-0.15, -0.1) is 12.6 Å². The molecule has 0 saturated carbocycles. The molecule has 1 N–H and O–H groups in total. The fourth-order valence-electron chi connectivity index (χ4n) is 1.94. The van der Waals surface area contributed by atoms with E-state index >= 15 is 0 Å². The molecular weight excluding hydrogens is 402 g/mol. The minimum atomic E-state index is -0.166. The van der Waals surface area contributed by atoms with Gasteiger partial charge in [-0.1, -0.05) is 6.07 Å². The number of halogens is 2. The molecule has 0 atom stereocenters. The molecule has 0 aliphatic rings. The highest BCUT2D eigenvalue weighted by Gasteiger charge is 2.14. The summed E-state index contributed by atoms with van der Waals surface area (Å²) in [5, 5.41) is 2.94. The van der Waals surface area contributed by atoms with Crippen molar-refractivity contribution in [2.45, 2.75) is 18.7 Å². The average molecular weight is 415 g/mol. The molecule has 0 fully saturated rings. The van der Waals surface area contributed by atoms with Crippen molar-refractivity contribution in [3.63, 3.8) is 0 Å². The van der Waals surface area contributed by atoms with Crippen molar-refractivity contribution in [1.82, 2.24) is 0 Å². The highest BCUT2D eigenvalue weighted by Crippen LogP contribution is 2.29. The summed E-state index contributed by atoms with van der Waals surface area (Å²) >= 11 is 11.1. The van der Waals surface area contributed by atoms with Crippen LogP contribution in [0.1, 0.15) is 21.5 Å². The maximum Gasteiger partial charge on any atom is 0.256 e. The topological polar surface area (TPSA) is 29.1 Å². The number of amides is 1. The Morgan fingerprint density at radius 2 is 1.80 bits per heavy atom. The third kappa shape index (κ3) is 3.45. The zero-order valence-corrected chi connectivity index (χ0v) is 15.1. The molecule has 2 aromatic carbocycles. The normalized spacial score (nSPS) is 10.4. The Morgan fingerprint density at radius 1 is 1.10 bits per heavy atom. The lowest BCUT2D eigenvalue weighted by molar-refractivity contribution is 0.102. The van der Waals surface area contributed by atoms with E-state index in [9.17, 15) is 4.79 Å². The van der Waals surface area contributed by atoms with Gasteiger partial charge in [-0.3, -0.25) is 4.79 Å². The molecule has 2 rings (SSSR count). The minimum Gasteiger partial charge on any atom is -0.321 e. The van der Waals surface area contributed by atoms with E-state index in [-0.39, 0.29) is 5.91 Å². The SMILES string of the molecule is Cc1cc(C)c(NC(=O)c2cc(S)ccc2Br)c(Br)c1. The summed E-state index contributed by atoms with van der Waals surface area (Å²) in [7, 11) is 0. The zero-order valence-electron chi connectivity index (χ0n) is 11.0. The van der Waals surface area contributed by atoms with Crippen LogP contribution in [0.15, 0.2) is 44.2 Å². The average Bonchev–Trinajstić information content (AvgIpc) is 2.36. The number of hydrogen-bond donors (Lipinski definition) is 2. The molecule has 2 nitrogen and oxygen atoms in total. The van der Waals surface area contributed by atoms with Crippen molar-refractivity contribution < 1.29 is 4.79 Å². The molecule has 1 amide bonds. The second kappa shape index (κ2) is 6.33. The van der Waals surface area contributed by atoms with Gasteiger partial charge in [-0.2, -0.15) is 0 Å². The quantitative estimate of drug-likeness (QED) is 0.635. The Bertz CT molecular complexity index is 663. The van der Waals surface area contributed by atoms with Gasteiger partial charge < -0.3 is 5.32 Å². The van der Waals surface area contributed by atoms with Crippen LogP contribution in [0.25, 0.3) is 0 Å². The zero-order chi connectivity index (χ0) is 14.9. The number of anilines is 1. The number of rotatable bonds is 2. The third-order valence-corrected chi connectivity index (χ3v) is 4.46. The van der Waals surface area contributed by atoms with Gasteiger partial charge in [0, 0.05) is 13.8 Å². The first-order valence-electron chi connectivity index (χ1n) is 5.95. The molecule has 2 aromatic rings. The largest absolute Gasteiger partial charge is 0.321 e. The Kier molecular flexibility index (Phi) is 4.94. The standard InChI is InChI=1S/C15H13Br2NOS/c1-8-5-9(2)14(13(17)6-8)18-15(19)11-7-10(20)3-4-12(11)16/h3-7,20H,1-2H3,(H,18,19). The van der Waals surface area contributed by atoms with Crippen molar-refractivity contribution in [3.8, 4) is 0 Å². The second-order valence-electron chi connectivity index (χ2n) is 4.56. The van der Waals surface area contributed by atoms with Gasteiger partial charge in [0.15, 0.2) is 0 Å². The van der Waals surface area contributed by atoms with Gasteiger partial charge in [0.25, 0.3) is 5.91 Å². The molecule has 5 heteroatoms. The first-order chi connectivity index (χ1) is 9.38. The molecule has 104 valence electrons. The smallest absolute Gasteiger partial charge is 0.256 e. The molecule has 0 heterocycles. The molecule has 0 saturated heterocycles. The molecule has 0 bridgehead atoms. The van der Waals surface area contributed by atoms with E-state index in [1.54, 1.807) is 6.07 Å². The lowest BCUT2D eigenvalue weighted by atomic mass is 10.1. The minimum absolute atomic E-state index is 0.166. The van der Waals surface area contributed by atoms with Crippen LogP contribution in [0, 0.1) is 13.8 Å². The number of hydrogen-bond acceptors (Lipinski definition) is 2. The molecule has 0 aliphatic carbocycles. The summed E-state index contributed by atoms with van der Waals surface area (Å²) in [5.74, 6) is -0.166. The summed E-state index contributed by atoms with van der Waals surface area (Å²) in [6.45, 7) is 3.99. The first-order valence-corrected chi connectivity index (χ1v) is 7.98. The van der Waals surface area contributed by atoms with E-state index in [2.05, 4.69) is 49.8 Å². The van der Waals surface area contributed by atoms with Crippen molar-refractivity contribution in [2.24, 2.45) is 0 Å². The van der Waals surface area contributed by atoms with E-state index < -0.39 is 0 Å². The van der Waals surface area contributed by atoms with Gasteiger partial charge in [0.2, 0.25) is 0 Å². The van der Waals surface area contributed by atoms with Crippen LogP contribution in [0.5, 0.6) is 0 Å². The molecule has 0 unspecified atom stereocenters. The Balaban J connectivity index is 2.35. The van der Waals surface area contributed by atoms with Crippen molar-refractivity contribution in [3.05, 3.63) is 56.0 Å². The Morgan fingerprint density at radius 3 is 2.45 bits per heavy atom. The molecule has 0 aliphatic heterocycles. The van der Waals surface area contributed by atoms with Crippen LogP contribution in [0.3, 0.4) is 0 Å². The number of carbonyl (C=O) groups is 1. The van der Waals surface area contributed by atoms with Crippen molar-refractivity contribution in [1.29, 1.82) is 0 Å². The number of nitrogens with one attached hydrogen (secondary N) is 1. The van der Waals surface area contributed by atoms with E-state index in [0.29, 0.717) is 5.56 Å². The number of thiol groups is 1. The third-order valence-electron chi connectivity index (χ3n) is 2.86. The molecule has 20 heavy (non-hydrogen) atoms. The molecule has 0 spiro atoms. The van der Waals surface area contributed by atoms with Gasteiger partial charge in [0.05, 0.1) is 11.3 Å². The Labute approximate surface area is 140 Å². The predicted molar refractivity (Wildman–Crippen MR) is 93.0 cm³/mol. The van der Waals surface area contributed by atoms with Gasteiger partial charge in [-0.05, 0) is 81.1 Å². The maximum absolute atomic E-state index is 12.4. The molecule has 0 aromatic heterocycles. The van der Waals surface area contributed by atoms with Crippen molar-refractivity contribution >= 4 is 56.1 Å². The van der Waals surface area contributed by atoms with Crippen LogP contribution >= 0.6 is 44.5 Å². The fourth-order valence-corrected chi connectivity index (χ4v) is 3.35. The summed E-state index contributed by atoms with van der Waals surface area (Å²) in [4.78, 5) is 13.1. The van der Waals surface area contributed by atoms with Crippen molar-refractivity contribution in [2.75, 3.05) is 5.32 Å². The summed E-state index contributed by atoms with van der Waals surface area (Å²) in [5.41, 5.74) is 3.51. The van der Waals surface area contributed by atoms with E-state index in [0.717, 1.165) is 30.7 Å². The van der Waals surface area contributed by atoms with Gasteiger partial charge in [0.1, 0.15) is 0 Å². The van der Waals surface area contributed by atoms with Crippen LogP contribution in [-0.4, -0.2) is 5.91 Å². The number of carbonyl (C=O) groups excluding carboxylic acids is 1. The van der Waals surface area contributed by atoms with Gasteiger partial charge >= 0.3 is 0 Å². The molecular formula is C15H13Br2NOS. The van der Waals surface area contributed by atoms with Crippen LogP contribution in [0.2, 0.25) is 0 Å². The highest BCUT2D eigenvalue weighted by atomic mass is 79.9. The maximum atomic E-state index is 12.4. The van der Waals surface area contributed by atoms with Crippen LogP contribution in [0.4, 0.5) is 5.69 Å². The number of aryl methyl sites for hydroxylation is 2. The summed E-state index contributed by atoms with van der Waals surface area (Å²) in [6.07, 6.45) is 0. The van der Waals surface area contributed by atoms with E-state index in [4.69, 9.17) is 0 Å². The lowest BCUT2D eigenvalue weighted by Gasteiger charge is -2.13. The monoisotopic (exact) mass is 413 g/mol. The highest BCUT2D eigenvalue weighted by molar-refractivity contribution is 9.11. The second-order valence-corrected chi connectivity index (χ2v) is 6.78. The summed E-state index contributed by atoms with van der Waals surface area (Å²) in [6, 6.07) is 9.39. The summed E-state index contributed by atoms with van der Waals surface area (Å²) < 4.78 is 1.62. The first kappa shape index (κ1) is 15.6. The predicted octanol–water partition coefficient (Wildman–Crippen LogP) is 5.37. The molecule has 0 radical (unpaired) electrons. The lowest BCUT2D eigenvalue weighted by Crippen LogP contribution is -2.14. The fraction of sp³-hybridized carbons (Fsp3) is 0.133. The van der Waals surface area contributed by atoms with Crippen LogP contribution in [-0.2, 0) is 0 Å². The number of benzene rings is 2. The van der Waals surface area contributed by atoms with Gasteiger partial charge in [-0.25, -0.2) is 0 Å². The van der Waals surface area contributed by atoms with Crippen LogP contribution < -0.4 is 5.32 Å².